The van der Waals surface area contributed by atoms with Gasteiger partial charge in [0.15, 0.2) is 0 Å². The molecule has 0 aliphatic heterocycles. The summed E-state index contributed by atoms with van der Waals surface area (Å²) in [6.07, 6.45) is 0.376. The molecule has 2 rings (SSSR count). The molecule has 5 nitrogen and oxygen atoms in total. The summed E-state index contributed by atoms with van der Waals surface area (Å²) in [5, 5.41) is 3.69. The van der Waals surface area contributed by atoms with Crippen molar-refractivity contribution in [2.45, 2.75) is 25.3 Å². The molecule has 82 valence electrons. The Bertz CT molecular complexity index is 386. The molecule has 0 saturated heterocycles. The fourth-order valence-electron chi connectivity index (χ4n) is 1.35. The lowest BCUT2D eigenvalue weighted by atomic mass is 10.2. The van der Waals surface area contributed by atoms with E-state index in [0.29, 0.717) is 0 Å². The molecule has 1 heterocycles. The van der Waals surface area contributed by atoms with Gasteiger partial charge in [-0.3, -0.25) is 14.9 Å². The molecule has 0 radical (unpaired) electrons. The first-order chi connectivity index (χ1) is 7.13. The summed E-state index contributed by atoms with van der Waals surface area (Å²) >= 11 is 0. The van der Waals surface area contributed by atoms with Crippen molar-refractivity contribution in [2.24, 2.45) is 5.84 Å². The molecule has 0 bridgehead atoms. The van der Waals surface area contributed by atoms with E-state index in [9.17, 15) is 13.6 Å². The minimum Gasteiger partial charge on any atom is -0.290 e. The molecule has 1 aliphatic carbocycles. The number of hydrogen-bond acceptors (Lipinski definition) is 3. The lowest BCUT2D eigenvalue weighted by molar-refractivity contribution is 0.0939. The molecule has 0 atom stereocenters. The summed E-state index contributed by atoms with van der Waals surface area (Å²) in [5.41, 5.74) is 1.16. The number of nitrogens with one attached hydrogen (secondary N) is 1. The van der Waals surface area contributed by atoms with Gasteiger partial charge in [0.2, 0.25) is 0 Å². The molecular formula is C8H10F2N4O. The highest BCUT2D eigenvalue weighted by molar-refractivity contribution is 5.94. The van der Waals surface area contributed by atoms with Gasteiger partial charge in [0.1, 0.15) is 5.69 Å². The Kier molecular flexibility index (Phi) is 2.39. The standard InChI is InChI=1S/C8H10F2N4O/c9-7(10)6-5(8(15)12-11)3-14(13-6)4-1-2-4/h3-4,7H,1-2,11H2,(H,12,15). The third-order valence-corrected chi connectivity index (χ3v) is 2.26. The van der Waals surface area contributed by atoms with Gasteiger partial charge in [0, 0.05) is 6.20 Å². The number of carbonyl (C=O) groups excluding carboxylic acids is 1. The number of hydrogen-bond donors (Lipinski definition) is 2. The normalized spacial score (nSPS) is 15.7. The minimum atomic E-state index is -2.77. The number of amides is 1. The molecule has 1 aliphatic rings. The van der Waals surface area contributed by atoms with Crippen LogP contribution in [0.25, 0.3) is 0 Å². The van der Waals surface area contributed by atoms with Gasteiger partial charge in [-0.05, 0) is 12.8 Å². The molecule has 1 aromatic rings. The lowest BCUT2D eigenvalue weighted by Crippen LogP contribution is -2.30. The summed E-state index contributed by atoms with van der Waals surface area (Å²) in [6, 6.07) is 0.154. The Morgan fingerprint density at radius 2 is 2.33 bits per heavy atom. The number of rotatable bonds is 3. The largest absolute Gasteiger partial charge is 0.290 e. The maximum Gasteiger partial charge on any atom is 0.282 e. The Hall–Kier alpha value is -1.50. The second kappa shape index (κ2) is 3.58. The highest BCUT2D eigenvalue weighted by atomic mass is 19.3. The van der Waals surface area contributed by atoms with Crippen LogP contribution in [-0.2, 0) is 0 Å². The van der Waals surface area contributed by atoms with Gasteiger partial charge in [-0.2, -0.15) is 5.10 Å². The minimum absolute atomic E-state index is 0.153. The van der Waals surface area contributed by atoms with Gasteiger partial charge >= 0.3 is 0 Å². The smallest absolute Gasteiger partial charge is 0.282 e. The van der Waals surface area contributed by atoms with Crippen molar-refractivity contribution < 1.29 is 13.6 Å². The average Bonchev–Trinajstić information content (AvgIpc) is 2.96. The summed E-state index contributed by atoms with van der Waals surface area (Å²) in [5.74, 6) is 4.15. The molecule has 0 unspecified atom stereocenters. The number of alkyl halides is 2. The zero-order valence-corrected chi connectivity index (χ0v) is 7.78. The van der Waals surface area contributed by atoms with Crippen LogP contribution in [0.2, 0.25) is 0 Å². The molecule has 1 amide bonds. The van der Waals surface area contributed by atoms with E-state index in [1.54, 1.807) is 0 Å². The molecule has 1 aromatic heterocycles. The second-order valence-electron chi connectivity index (χ2n) is 3.41. The first kappa shape index (κ1) is 10.0. The van der Waals surface area contributed by atoms with Crippen LogP contribution in [0.3, 0.4) is 0 Å². The van der Waals surface area contributed by atoms with Crippen molar-refractivity contribution in [3.63, 3.8) is 0 Å². The lowest BCUT2D eigenvalue weighted by Gasteiger charge is -1.97. The summed E-state index contributed by atoms with van der Waals surface area (Å²) in [4.78, 5) is 11.2. The first-order valence-corrected chi connectivity index (χ1v) is 4.51. The van der Waals surface area contributed by atoms with Crippen LogP contribution in [0.5, 0.6) is 0 Å². The van der Waals surface area contributed by atoms with Crippen LogP contribution in [-0.4, -0.2) is 15.7 Å². The van der Waals surface area contributed by atoms with Crippen LogP contribution in [0.1, 0.15) is 41.4 Å². The van der Waals surface area contributed by atoms with Crippen molar-refractivity contribution in [1.29, 1.82) is 0 Å². The van der Waals surface area contributed by atoms with E-state index in [0.717, 1.165) is 12.8 Å². The van der Waals surface area contributed by atoms with Gasteiger partial charge in [0.05, 0.1) is 11.6 Å². The molecule has 0 spiro atoms. The maximum atomic E-state index is 12.5. The number of carbonyl (C=O) groups is 1. The van der Waals surface area contributed by atoms with Gasteiger partial charge in [0.25, 0.3) is 12.3 Å². The van der Waals surface area contributed by atoms with E-state index in [1.165, 1.54) is 10.9 Å². The predicted octanol–water partition coefficient (Wildman–Crippen LogP) is 0.759. The van der Waals surface area contributed by atoms with E-state index < -0.39 is 18.0 Å². The number of nitrogens with two attached hydrogens (primary N) is 1. The zero-order valence-electron chi connectivity index (χ0n) is 7.78. The number of nitrogen functional groups attached to an aromatic ring is 1. The van der Waals surface area contributed by atoms with Crippen LogP contribution < -0.4 is 11.3 Å². The number of aromatic nitrogens is 2. The van der Waals surface area contributed by atoms with Crippen molar-refractivity contribution in [1.82, 2.24) is 15.2 Å². The fraction of sp³-hybridized carbons (Fsp3) is 0.500. The number of nitrogens with zero attached hydrogens (tertiary/aromatic N) is 2. The third kappa shape index (κ3) is 1.82. The van der Waals surface area contributed by atoms with Crippen LogP contribution in [0, 0.1) is 0 Å². The molecule has 7 heteroatoms. The second-order valence-corrected chi connectivity index (χ2v) is 3.41. The predicted molar refractivity (Wildman–Crippen MR) is 47.1 cm³/mol. The first-order valence-electron chi connectivity index (χ1n) is 4.51. The van der Waals surface area contributed by atoms with Crippen molar-refractivity contribution >= 4 is 5.91 Å². The van der Waals surface area contributed by atoms with E-state index >= 15 is 0 Å². The van der Waals surface area contributed by atoms with E-state index in [2.05, 4.69) is 5.10 Å². The summed E-state index contributed by atoms with van der Waals surface area (Å²) < 4.78 is 26.5. The van der Waals surface area contributed by atoms with Gasteiger partial charge in [-0.25, -0.2) is 14.6 Å². The molecular weight excluding hydrogens is 206 g/mol. The quantitative estimate of drug-likeness (QED) is 0.445. The van der Waals surface area contributed by atoms with Crippen LogP contribution in [0.15, 0.2) is 6.20 Å². The third-order valence-electron chi connectivity index (χ3n) is 2.26. The SMILES string of the molecule is NNC(=O)c1cn(C2CC2)nc1C(F)F. The highest BCUT2D eigenvalue weighted by Gasteiger charge is 2.29. The summed E-state index contributed by atoms with van der Waals surface area (Å²) in [6.45, 7) is 0. The van der Waals surface area contributed by atoms with Gasteiger partial charge < -0.3 is 0 Å². The highest BCUT2D eigenvalue weighted by Crippen LogP contribution is 2.35. The zero-order chi connectivity index (χ0) is 11.0. The van der Waals surface area contributed by atoms with Gasteiger partial charge in [-0.15, -0.1) is 0 Å². The summed E-state index contributed by atoms with van der Waals surface area (Å²) in [7, 11) is 0. The van der Waals surface area contributed by atoms with Crippen LogP contribution >= 0.6 is 0 Å². The Balaban J connectivity index is 2.36. The Morgan fingerprint density at radius 3 is 2.80 bits per heavy atom. The van der Waals surface area contributed by atoms with E-state index in [1.807, 2.05) is 5.43 Å². The van der Waals surface area contributed by atoms with Crippen LogP contribution in [0.4, 0.5) is 8.78 Å². The number of hydrazine groups is 1. The van der Waals surface area contributed by atoms with E-state index in [4.69, 9.17) is 5.84 Å². The molecule has 15 heavy (non-hydrogen) atoms. The van der Waals surface area contributed by atoms with E-state index in [-0.39, 0.29) is 11.6 Å². The van der Waals surface area contributed by atoms with Crippen molar-refractivity contribution in [3.05, 3.63) is 17.5 Å². The molecule has 1 saturated carbocycles. The number of halogens is 2. The molecule has 1 fully saturated rings. The monoisotopic (exact) mass is 216 g/mol. The Morgan fingerprint density at radius 1 is 1.67 bits per heavy atom. The van der Waals surface area contributed by atoms with Crippen molar-refractivity contribution in [3.8, 4) is 0 Å². The molecule has 3 N–H and O–H groups in total. The Labute approximate surface area is 84.2 Å². The van der Waals surface area contributed by atoms with Crippen molar-refractivity contribution in [2.75, 3.05) is 0 Å². The topological polar surface area (TPSA) is 72.9 Å². The fourth-order valence-corrected chi connectivity index (χ4v) is 1.35. The molecule has 0 aromatic carbocycles. The maximum absolute atomic E-state index is 12.5. The average molecular weight is 216 g/mol. The van der Waals surface area contributed by atoms with Gasteiger partial charge in [-0.1, -0.05) is 0 Å².